The van der Waals surface area contributed by atoms with E-state index in [4.69, 9.17) is 4.74 Å². The Kier molecular flexibility index (Phi) is 6.76. The van der Waals surface area contributed by atoms with Gasteiger partial charge in [-0.25, -0.2) is 0 Å². The fraction of sp³-hybridized carbons (Fsp3) is 0.292. The molecule has 3 aromatic heterocycles. The lowest BCUT2D eigenvalue weighted by Crippen LogP contribution is -2.45. The number of carbonyl (C=O) groups is 1. The molecule has 0 atom stereocenters. The van der Waals surface area contributed by atoms with E-state index in [-0.39, 0.29) is 28.5 Å². The third-order valence-corrected chi connectivity index (χ3v) is 5.29. The summed E-state index contributed by atoms with van der Waals surface area (Å²) in [7, 11) is 0. The van der Waals surface area contributed by atoms with E-state index in [1.165, 1.54) is 39.8 Å². The first-order chi connectivity index (χ1) is 17.6. The minimum atomic E-state index is -4.69. The molecule has 0 saturated carbocycles. The molecule has 0 fully saturated rings. The van der Waals surface area contributed by atoms with Gasteiger partial charge < -0.3 is 10.1 Å². The van der Waals surface area contributed by atoms with E-state index in [1.54, 1.807) is 20.8 Å². The summed E-state index contributed by atoms with van der Waals surface area (Å²) in [6, 6.07) is 7.48. The summed E-state index contributed by atoms with van der Waals surface area (Å²) in [5, 5.41) is 10.8. The molecule has 0 saturated heterocycles. The van der Waals surface area contributed by atoms with E-state index in [0.717, 1.165) is 24.3 Å². The SMILES string of the molecule is CC(C)(C)C(=O)OC[n+]1cc(-c2ncccc2C(F)(F)F)cc2nnc(Nc3ccc(C(F)(F)F)cc3)n21. The molecule has 200 valence electrons. The van der Waals surface area contributed by atoms with E-state index < -0.39 is 41.6 Å². The van der Waals surface area contributed by atoms with E-state index in [0.29, 0.717) is 0 Å². The molecule has 0 aliphatic carbocycles. The predicted octanol–water partition coefficient (Wildman–Crippen LogP) is 5.41. The van der Waals surface area contributed by atoms with Crippen molar-refractivity contribution in [2.75, 3.05) is 5.32 Å². The number of carbonyl (C=O) groups excluding carboxylic acids is 1. The van der Waals surface area contributed by atoms with E-state index in [9.17, 15) is 31.1 Å². The highest BCUT2D eigenvalue weighted by Crippen LogP contribution is 2.36. The number of alkyl halides is 6. The topological polar surface area (TPSA) is 85.3 Å². The van der Waals surface area contributed by atoms with Gasteiger partial charge in [0.05, 0.1) is 27.8 Å². The second kappa shape index (κ2) is 9.58. The molecule has 4 rings (SSSR count). The van der Waals surface area contributed by atoms with Crippen LogP contribution in [0.25, 0.3) is 16.9 Å². The van der Waals surface area contributed by atoms with E-state index in [2.05, 4.69) is 20.5 Å². The van der Waals surface area contributed by atoms with Crippen LogP contribution in [0.1, 0.15) is 31.9 Å². The third kappa shape index (κ3) is 5.68. The van der Waals surface area contributed by atoms with Crippen LogP contribution in [0, 0.1) is 5.41 Å². The fourth-order valence-electron chi connectivity index (χ4n) is 3.41. The highest BCUT2D eigenvalue weighted by molar-refractivity contribution is 5.75. The number of nitrogens with zero attached hydrogens (tertiary/aromatic N) is 5. The van der Waals surface area contributed by atoms with Gasteiger partial charge in [-0.05, 0) is 57.2 Å². The standard InChI is InChI=1S/C24H20F6N6O2/c1-22(2,3)20(37)38-13-35-12-14(19-17(24(28,29)30)5-4-10-31-19)11-18-33-34-21(36(18)35)32-16-8-6-15(7-9-16)23(25,26)27/h4-12H,13H2,1-3H3/p+1. The molecule has 38 heavy (non-hydrogen) atoms. The van der Waals surface area contributed by atoms with Gasteiger partial charge in [-0.3, -0.25) is 9.78 Å². The molecule has 0 spiro atoms. The Morgan fingerprint density at radius 2 is 1.68 bits per heavy atom. The number of esters is 1. The molecular weight excluding hydrogens is 518 g/mol. The first-order valence-corrected chi connectivity index (χ1v) is 11.1. The van der Waals surface area contributed by atoms with Crippen LogP contribution in [0.5, 0.6) is 0 Å². The summed E-state index contributed by atoms with van der Waals surface area (Å²) >= 11 is 0. The van der Waals surface area contributed by atoms with Gasteiger partial charge in [-0.1, -0.05) is 9.20 Å². The summed E-state index contributed by atoms with van der Waals surface area (Å²) < 4.78 is 87.6. The lowest BCUT2D eigenvalue weighted by Gasteiger charge is -2.15. The van der Waals surface area contributed by atoms with Crippen molar-refractivity contribution in [2.24, 2.45) is 5.41 Å². The maximum absolute atomic E-state index is 13.7. The minimum absolute atomic E-state index is 0.00943. The summed E-state index contributed by atoms with van der Waals surface area (Å²) in [5.41, 5.74) is -2.76. The summed E-state index contributed by atoms with van der Waals surface area (Å²) in [6.07, 6.45) is -6.72. The van der Waals surface area contributed by atoms with Gasteiger partial charge in [0.1, 0.15) is 0 Å². The molecule has 4 aromatic rings. The Labute approximate surface area is 211 Å². The maximum Gasteiger partial charge on any atom is 0.418 e. The highest BCUT2D eigenvalue weighted by atomic mass is 19.4. The zero-order chi connectivity index (χ0) is 27.9. The lowest BCUT2D eigenvalue weighted by molar-refractivity contribution is -0.788. The first kappa shape index (κ1) is 26.8. The Hall–Kier alpha value is -4.23. The van der Waals surface area contributed by atoms with Crippen molar-refractivity contribution in [3.05, 3.63) is 66.0 Å². The zero-order valence-electron chi connectivity index (χ0n) is 20.2. The highest BCUT2D eigenvalue weighted by Gasteiger charge is 2.36. The molecular formula is C24H21F6N6O2+. The molecule has 0 radical (unpaired) electrons. The zero-order valence-corrected chi connectivity index (χ0v) is 20.2. The summed E-state index contributed by atoms with van der Waals surface area (Å²) in [4.78, 5) is 16.3. The molecule has 1 aromatic carbocycles. The molecule has 1 N–H and O–H groups in total. The molecule has 14 heteroatoms. The molecule has 3 heterocycles. The van der Waals surface area contributed by atoms with Crippen molar-refractivity contribution in [2.45, 2.75) is 39.9 Å². The molecule has 0 aliphatic heterocycles. The predicted molar refractivity (Wildman–Crippen MR) is 122 cm³/mol. The Morgan fingerprint density at radius 3 is 2.29 bits per heavy atom. The van der Waals surface area contributed by atoms with Gasteiger partial charge in [0.2, 0.25) is 11.8 Å². The molecule has 0 bridgehead atoms. The van der Waals surface area contributed by atoms with Crippen molar-refractivity contribution < 1.29 is 40.6 Å². The average Bonchev–Trinajstić information content (AvgIpc) is 3.23. The number of fused-ring (bicyclic) bond motifs is 1. The van der Waals surface area contributed by atoms with Crippen LogP contribution in [0.15, 0.2) is 54.9 Å². The van der Waals surface area contributed by atoms with Crippen molar-refractivity contribution in [1.29, 1.82) is 0 Å². The Morgan fingerprint density at radius 1 is 1.00 bits per heavy atom. The summed E-state index contributed by atoms with van der Waals surface area (Å²) in [6.45, 7) is 4.46. The van der Waals surface area contributed by atoms with Crippen LogP contribution < -0.4 is 10.00 Å². The summed E-state index contributed by atoms with van der Waals surface area (Å²) in [5.74, 6) is -0.571. The normalized spacial score (nSPS) is 12.6. The van der Waals surface area contributed by atoms with Crippen LogP contribution in [0.4, 0.5) is 38.0 Å². The monoisotopic (exact) mass is 539 g/mol. The fourth-order valence-corrected chi connectivity index (χ4v) is 3.41. The number of nitrogens with one attached hydrogen (secondary N) is 1. The molecule has 0 amide bonds. The third-order valence-electron chi connectivity index (χ3n) is 5.29. The van der Waals surface area contributed by atoms with Gasteiger partial charge in [0.15, 0.2) is 0 Å². The Bertz CT molecular complexity index is 1470. The number of anilines is 2. The van der Waals surface area contributed by atoms with Crippen LogP contribution in [0.3, 0.4) is 0 Å². The number of benzene rings is 1. The second-order valence-corrected chi connectivity index (χ2v) is 9.27. The number of aromatic nitrogens is 5. The van der Waals surface area contributed by atoms with E-state index >= 15 is 0 Å². The van der Waals surface area contributed by atoms with Gasteiger partial charge in [-0.15, -0.1) is 10.2 Å². The van der Waals surface area contributed by atoms with Gasteiger partial charge in [0, 0.05) is 18.0 Å². The van der Waals surface area contributed by atoms with Gasteiger partial charge >= 0.3 is 25.1 Å². The molecule has 8 nitrogen and oxygen atoms in total. The quantitative estimate of drug-likeness (QED) is 0.208. The van der Waals surface area contributed by atoms with Crippen molar-refractivity contribution in [3.8, 4) is 11.3 Å². The van der Waals surface area contributed by atoms with Crippen molar-refractivity contribution in [1.82, 2.24) is 19.7 Å². The van der Waals surface area contributed by atoms with E-state index in [1.807, 2.05) is 0 Å². The number of rotatable bonds is 5. The van der Waals surface area contributed by atoms with Crippen LogP contribution >= 0.6 is 0 Å². The number of pyridine rings is 1. The Balaban J connectivity index is 1.80. The minimum Gasteiger partial charge on any atom is -0.402 e. The smallest absolute Gasteiger partial charge is 0.402 e. The number of halogens is 6. The number of ether oxygens (including phenoxy) is 1. The average molecular weight is 539 g/mol. The van der Waals surface area contributed by atoms with Crippen LogP contribution in [-0.2, 0) is 28.6 Å². The number of hydrogen-bond acceptors (Lipinski definition) is 6. The van der Waals surface area contributed by atoms with Crippen LogP contribution in [0.2, 0.25) is 0 Å². The van der Waals surface area contributed by atoms with Gasteiger partial charge in [0.25, 0.3) is 5.95 Å². The molecule has 0 unspecified atom stereocenters. The lowest BCUT2D eigenvalue weighted by atomic mass is 9.98. The first-order valence-electron chi connectivity index (χ1n) is 11.1. The molecule has 0 aliphatic rings. The van der Waals surface area contributed by atoms with Crippen molar-refractivity contribution in [3.63, 3.8) is 0 Å². The van der Waals surface area contributed by atoms with Crippen LogP contribution in [-0.4, -0.2) is 25.7 Å². The van der Waals surface area contributed by atoms with Crippen molar-refractivity contribution >= 4 is 23.3 Å². The second-order valence-electron chi connectivity index (χ2n) is 9.27. The largest absolute Gasteiger partial charge is 0.418 e. The maximum atomic E-state index is 13.7. The number of hydrogen-bond donors (Lipinski definition) is 1. The van der Waals surface area contributed by atoms with Gasteiger partial charge in [-0.2, -0.15) is 26.3 Å².